The van der Waals surface area contributed by atoms with Gasteiger partial charge in [0.15, 0.2) is 0 Å². The third-order valence-corrected chi connectivity index (χ3v) is 4.56. The van der Waals surface area contributed by atoms with Gasteiger partial charge in [0.05, 0.1) is 5.41 Å². The van der Waals surface area contributed by atoms with Crippen LogP contribution in [0.4, 0.5) is 0 Å². The summed E-state index contributed by atoms with van der Waals surface area (Å²) in [4.78, 5) is 12.4. The predicted molar refractivity (Wildman–Crippen MR) is 80.5 cm³/mol. The average Bonchev–Trinajstić information content (AvgIpc) is 2.42. The van der Waals surface area contributed by atoms with Crippen molar-refractivity contribution in [3.63, 3.8) is 0 Å². The van der Waals surface area contributed by atoms with Crippen LogP contribution in [0, 0.1) is 11.3 Å². The maximum absolute atomic E-state index is 12.4. The van der Waals surface area contributed by atoms with Crippen molar-refractivity contribution in [1.29, 1.82) is 0 Å². The van der Waals surface area contributed by atoms with Crippen LogP contribution in [0.2, 0.25) is 0 Å². The molecule has 1 rings (SSSR count). The molecule has 1 aliphatic heterocycles. The van der Waals surface area contributed by atoms with Crippen molar-refractivity contribution in [2.75, 3.05) is 19.8 Å². The standard InChI is InChI=1S/C14H28N2O2.ClH/c1-4-14(5-2,10-15)13(17)16-11(3)12-6-8-18-9-7-12;/h11-12H,4-10,15H2,1-3H3,(H,16,17);1H. The Hall–Kier alpha value is -0.320. The number of nitrogens with two attached hydrogens (primary N) is 1. The first kappa shape index (κ1) is 18.7. The van der Waals surface area contributed by atoms with Crippen LogP contribution in [0.1, 0.15) is 46.5 Å². The predicted octanol–water partition coefficient (Wildman–Crippen LogP) is 2.10. The molecule has 0 aromatic carbocycles. The molecule has 1 heterocycles. The second-order valence-corrected chi connectivity index (χ2v) is 5.40. The molecule has 4 nitrogen and oxygen atoms in total. The molecule has 0 aromatic heterocycles. The Balaban J connectivity index is 0.00000324. The molecule has 1 saturated heterocycles. The van der Waals surface area contributed by atoms with Gasteiger partial charge < -0.3 is 15.8 Å². The largest absolute Gasteiger partial charge is 0.381 e. The van der Waals surface area contributed by atoms with Crippen molar-refractivity contribution in [2.24, 2.45) is 17.1 Å². The van der Waals surface area contributed by atoms with E-state index >= 15 is 0 Å². The monoisotopic (exact) mass is 292 g/mol. The van der Waals surface area contributed by atoms with Crippen LogP contribution in [0.15, 0.2) is 0 Å². The molecule has 0 radical (unpaired) electrons. The van der Waals surface area contributed by atoms with Crippen molar-refractivity contribution >= 4 is 18.3 Å². The summed E-state index contributed by atoms with van der Waals surface area (Å²) >= 11 is 0. The Morgan fingerprint density at radius 3 is 2.32 bits per heavy atom. The molecule has 19 heavy (non-hydrogen) atoms. The molecular weight excluding hydrogens is 264 g/mol. The Labute approximate surface area is 123 Å². The minimum atomic E-state index is -0.389. The van der Waals surface area contributed by atoms with E-state index in [1.807, 2.05) is 13.8 Å². The van der Waals surface area contributed by atoms with Crippen molar-refractivity contribution in [3.05, 3.63) is 0 Å². The first-order chi connectivity index (χ1) is 8.59. The molecular formula is C14H29ClN2O2. The van der Waals surface area contributed by atoms with Gasteiger partial charge in [-0.15, -0.1) is 12.4 Å². The maximum atomic E-state index is 12.4. The zero-order valence-electron chi connectivity index (χ0n) is 12.4. The highest BCUT2D eigenvalue weighted by molar-refractivity contribution is 5.85. The number of ether oxygens (including phenoxy) is 1. The molecule has 1 atom stereocenters. The SMILES string of the molecule is CCC(CC)(CN)C(=O)NC(C)C1CCOCC1.Cl. The lowest BCUT2D eigenvalue weighted by molar-refractivity contribution is -0.132. The second-order valence-electron chi connectivity index (χ2n) is 5.40. The number of amides is 1. The van der Waals surface area contributed by atoms with E-state index in [4.69, 9.17) is 10.5 Å². The van der Waals surface area contributed by atoms with Gasteiger partial charge in [-0.05, 0) is 38.5 Å². The Morgan fingerprint density at radius 1 is 1.37 bits per heavy atom. The molecule has 114 valence electrons. The highest BCUT2D eigenvalue weighted by Gasteiger charge is 2.35. The van der Waals surface area contributed by atoms with Gasteiger partial charge >= 0.3 is 0 Å². The van der Waals surface area contributed by atoms with Crippen LogP contribution in [-0.2, 0) is 9.53 Å². The van der Waals surface area contributed by atoms with Gasteiger partial charge in [0.25, 0.3) is 0 Å². The normalized spacial score (nSPS) is 18.5. The van der Waals surface area contributed by atoms with Crippen molar-refractivity contribution in [2.45, 2.75) is 52.5 Å². The molecule has 0 aliphatic carbocycles. The van der Waals surface area contributed by atoms with E-state index < -0.39 is 0 Å². The summed E-state index contributed by atoms with van der Waals surface area (Å²) < 4.78 is 5.35. The average molecular weight is 293 g/mol. The summed E-state index contributed by atoms with van der Waals surface area (Å²) in [7, 11) is 0. The highest BCUT2D eigenvalue weighted by Crippen LogP contribution is 2.26. The van der Waals surface area contributed by atoms with Gasteiger partial charge in [0.1, 0.15) is 0 Å². The fourth-order valence-corrected chi connectivity index (χ4v) is 2.65. The van der Waals surface area contributed by atoms with Gasteiger partial charge in [-0.1, -0.05) is 13.8 Å². The number of rotatable bonds is 6. The fourth-order valence-electron chi connectivity index (χ4n) is 2.65. The Morgan fingerprint density at radius 2 is 1.89 bits per heavy atom. The zero-order chi connectivity index (χ0) is 13.6. The molecule has 1 fully saturated rings. The van der Waals surface area contributed by atoms with E-state index in [1.54, 1.807) is 0 Å². The maximum Gasteiger partial charge on any atom is 0.227 e. The lowest BCUT2D eigenvalue weighted by Crippen LogP contribution is -2.50. The summed E-state index contributed by atoms with van der Waals surface area (Å²) in [5.41, 5.74) is 5.41. The second kappa shape index (κ2) is 8.77. The molecule has 0 saturated carbocycles. The third-order valence-electron chi connectivity index (χ3n) is 4.56. The van der Waals surface area contributed by atoms with E-state index in [-0.39, 0.29) is 29.8 Å². The number of hydrogen-bond acceptors (Lipinski definition) is 3. The summed E-state index contributed by atoms with van der Waals surface area (Å²) in [6, 6.07) is 0.213. The van der Waals surface area contributed by atoms with Crippen LogP contribution in [0.3, 0.4) is 0 Å². The van der Waals surface area contributed by atoms with E-state index in [2.05, 4.69) is 12.2 Å². The van der Waals surface area contributed by atoms with Gasteiger partial charge in [0, 0.05) is 25.8 Å². The van der Waals surface area contributed by atoms with E-state index in [0.29, 0.717) is 12.5 Å². The van der Waals surface area contributed by atoms with Gasteiger partial charge in [0.2, 0.25) is 5.91 Å². The molecule has 1 aliphatic rings. The minimum Gasteiger partial charge on any atom is -0.381 e. The molecule has 3 N–H and O–H groups in total. The quantitative estimate of drug-likeness (QED) is 0.788. The number of carbonyl (C=O) groups excluding carboxylic acids is 1. The summed E-state index contributed by atoms with van der Waals surface area (Å²) in [6.45, 7) is 8.22. The molecule has 1 unspecified atom stereocenters. The number of hydrogen-bond donors (Lipinski definition) is 2. The first-order valence-corrected chi connectivity index (χ1v) is 7.18. The Bertz CT molecular complexity index is 256. The third kappa shape index (κ3) is 4.62. The topological polar surface area (TPSA) is 64.4 Å². The summed E-state index contributed by atoms with van der Waals surface area (Å²) in [6.07, 6.45) is 3.67. The van der Waals surface area contributed by atoms with E-state index in [9.17, 15) is 4.79 Å². The highest BCUT2D eigenvalue weighted by atomic mass is 35.5. The van der Waals surface area contributed by atoms with Crippen LogP contribution in [-0.4, -0.2) is 31.7 Å². The zero-order valence-corrected chi connectivity index (χ0v) is 13.2. The minimum absolute atomic E-state index is 0. The van der Waals surface area contributed by atoms with Crippen LogP contribution >= 0.6 is 12.4 Å². The molecule has 0 aromatic rings. The van der Waals surface area contributed by atoms with E-state index in [0.717, 1.165) is 38.9 Å². The summed E-state index contributed by atoms with van der Waals surface area (Å²) in [5, 5.41) is 3.17. The van der Waals surface area contributed by atoms with Crippen LogP contribution in [0.5, 0.6) is 0 Å². The number of halogens is 1. The fraction of sp³-hybridized carbons (Fsp3) is 0.929. The molecule has 5 heteroatoms. The summed E-state index contributed by atoms with van der Waals surface area (Å²) in [5.74, 6) is 0.654. The van der Waals surface area contributed by atoms with Gasteiger partial charge in [-0.25, -0.2) is 0 Å². The van der Waals surface area contributed by atoms with Crippen LogP contribution in [0.25, 0.3) is 0 Å². The molecule has 0 spiro atoms. The lowest BCUT2D eigenvalue weighted by atomic mass is 9.80. The Kier molecular flexibility index (Phi) is 8.62. The van der Waals surface area contributed by atoms with Crippen LogP contribution < -0.4 is 11.1 Å². The van der Waals surface area contributed by atoms with E-state index in [1.165, 1.54) is 0 Å². The van der Waals surface area contributed by atoms with Gasteiger partial charge in [-0.2, -0.15) is 0 Å². The lowest BCUT2D eigenvalue weighted by Gasteiger charge is -2.34. The van der Waals surface area contributed by atoms with Crippen molar-refractivity contribution in [1.82, 2.24) is 5.32 Å². The number of carbonyl (C=O) groups is 1. The smallest absolute Gasteiger partial charge is 0.227 e. The van der Waals surface area contributed by atoms with Crippen molar-refractivity contribution in [3.8, 4) is 0 Å². The molecule has 0 bridgehead atoms. The molecule has 1 amide bonds. The first-order valence-electron chi connectivity index (χ1n) is 7.18. The number of nitrogens with one attached hydrogen (secondary N) is 1. The van der Waals surface area contributed by atoms with Crippen molar-refractivity contribution < 1.29 is 9.53 Å². The van der Waals surface area contributed by atoms with Gasteiger partial charge in [-0.3, -0.25) is 4.79 Å².